The molecule has 0 fully saturated rings. The van der Waals surface area contributed by atoms with E-state index >= 15 is 0 Å². The van der Waals surface area contributed by atoms with E-state index in [2.05, 4.69) is 10.5 Å². The van der Waals surface area contributed by atoms with Crippen molar-refractivity contribution in [2.24, 2.45) is 0 Å². The van der Waals surface area contributed by atoms with E-state index in [1.807, 2.05) is 13.8 Å². The van der Waals surface area contributed by atoms with Crippen LogP contribution >= 0.6 is 0 Å². The number of hydrogen-bond donors (Lipinski definition) is 2. The Bertz CT molecular complexity index is 215. The van der Waals surface area contributed by atoms with Crippen LogP contribution < -0.4 is 5.48 Å². The molecule has 0 unspecified atom stereocenters. The van der Waals surface area contributed by atoms with Crippen molar-refractivity contribution in [1.29, 1.82) is 0 Å². The summed E-state index contributed by atoms with van der Waals surface area (Å²) in [5.41, 5.74) is 4.55. The molecule has 0 aliphatic heterocycles. The molecule has 0 amide bonds. The maximum Gasteiger partial charge on any atom is 0.0638 e. The molecule has 0 saturated heterocycles. The Morgan fingerprint density at radius 1 is 1.30 bits per heavy atom. The van der Waals surface area contributed by atoms with E-state index in [0.717, 1.165) is 11.4 Å². The van der Waals surface area contributed by atoms with Gasteiger partial charge in [-0.15, -0.1) is 0 Å². The van der Waals surface area contributed by atoms with Crippen LogP contribution in [0.25, 0.3) is 0 Å². The first kappa shape index (κ1) is 7.02. The molecule has 0 atom stereocenters. The van der Waals surface area contributed by atoms with Gasteiger partial charge < -0.3 is 0 Å². The molecule has 0 saturated carbocycles. The summed E-state index contributed by atoms with van der Waals surface area (Å²) >= 11 is 0. The molecule has 0 aromatic carbocycles. The van der Waals surface area contributed by atoms with Gasteiger partial charge in [0.1, 0.15) is 0 Å². The summed E-state index contributed by atoms with van der Waals surface area (Å²) in [6, 6.07) is 3.54. The van der Waals surface area contributed by atoms with Crippen LogP contribution in [-0.2, 0) is 0 Å². The molecule has 1 heterocycles. The summed E-state index contributed by atoms with van der Waals surface area (Å²) in [7, 11) is 0. The minimum absolute atomic E-state index is 0.685. The van der Waals surface area contributed by atoms with Gasteiger partial charge in [-0.2, -0.15) is 0 Å². The van der Waals surface area contributed by atoms with Gasteiger partial charge in [0.25, 0.3) is 0 Å². The van der Waals surface area contributed by atoms with E-state index in [1.54, 1.807) is 12.1 Å². The predicted molar refractivity (Wildman–Crippen MR) is 39.1 cm³/mol. The zero-order valence-electron chi connectivity index (χ0n) is 6.05. The molecule has 1 rings (SSSR count). The number of aryl methyl sites for hydroxylation is 2. The minimum Gasteiger partial charge on any atom is -0.291 e. The van der Waals surface area contributed by atoms with E-state index in [0.29, 0.717) is 5.69 Å². The van der Waals surface area contributed by atoms with Gasteiger partial charge in [-0.05, 0) is 26.0 Å². The van der Waals surface area contributed by atoms with Crippen molar-refractivity contribution in [3.63, 3.8) is 0 Å². The van der Waals surface area contributed by atoms with Gasteiger partial charge in [0, 0.05) is 11.4 Å². The zero-order valence-corrected chi connectivity index (χ0v) is 6.05. The van der Waals surface area contributed by atoms with Crippen LogP contribution in [0.15, 0.2) is 12.1 Å². The monoisotopic (exact) mass is 138 g/mol. The van der Waals surface area contributed by atoms with Gasteiger partial charge >= 0.3 is 0 Å². The summed E-state index contributed by atoms with van der Waals surface area (Å²) < 4.78 is 0. The molecule has 3 heteroatoms. The van der Waals surface area contributed by atoms with Crippen molar-refractivity contribution < 1.29 is 5.21 Å². The number of hydrogen-bond acceptors (Lipinski definition) is 3. The van der Waals surface area contributed by atoms with Crippen LogP contribution in [0.1, 0.15) is 11.4 Å². The Hall–Kier alpha value is -1.09. The van der Waals surface area contributed by atoms with Crippen molar-refractivity contribution in [1.82, 2.24) is 4.98 Å². The molecule has 54 valence electrons. The normalized spacial score (nSPS) is 9.50. The predicted octanol–water partition coefficient (Wildman–Crippen LogP) is 1.50. The summed E-state index contributed by atoms with van der Waals surface area (Å²) in [6.45, 7) is 3.77. The fourth-order valence-corrected chi connectivity index (χ4v) is 0.899. The van der Waals surface area contributed by atoms with Crippen molar-refractivity contribution >= 4 is 5.69 Å². The van der Waals surface area contributed by atoms with Crippen LogP contribution in [0.2, 0.25) is 0 Å². The smallest absolute Gasteiger partial charge is 0.0638 e. The highest BCUT2D eigenvalue weighted by atomic mass is 16.5. The fraction of sp³-hybridized carbons (Fsp3) is 0.286. The van der Waals surface area contributed by atoms with Crippen molar-refractivity contribution in [2.75, 3.05) is 5.48 Å². The Labute approximate surface area is 59.7 Å². The third-order valence-electron chi connectivity index (χ3n) is 1.21. The minimum atomic E-state index is 0.685. The fourth-order valence-electron chi connectivity index (χ4n) is 0.899. The van der Waals surface area contributed by atoms with Gasteiger partial charge in [0.15, 0.2) is 0 Å². The Balaban J connectivity index is 3.06. The second-order valence-electron chi connectivity index (χ2n) is 2.25. The largest absolute Gasteiger partial charge is 0.291 e. The van der Waals surface area contributed by atoms with E-state index in [-0.39, 0.29) is 0 Å². The van der Waals surface area contributed by atoms with Crippen molar-refractivity contribution in [2.45, 2.75) is 13.8 Å². The molecule has 10 heavy (non-hydrogen) atoms. The van der Waals surface area contributed by atoms with Crippen LogP contribution in [0, 0.1) is 13.8 Å². The highest BCUT2D eigenvalue weighted by Crippen LogP contribution is 2.08. The van der Waals surface area contributed by atoms with Crippen LogP contribution in [0.3, 0.4) is 0 Å². The third kappa shape index (κ3) is 1.45. The van der Waals surface area contributed by atoms with Gasteiger partial charge in [-0.3, -0.25) is 15.7 Å². The summed E-state index contributed by atoms with van der Waals surface area (Å²) in [4.78, 5) is 4.13. The third-order valence-corrected chi connectivity index (χ3v) is 1.21. The average molecular weight is 138 g/mol. The molecule has 2 N–H and O–H groups in total. The van der Waals surface area contributed by atoms with Crippen LogP contribution in [-0.4, -0.2) is 10.2 Å². The van der Waals surface area contributed by atoms with Gasteiger partial charge in [-0.1, -0.05) is 0 Å². The van der Waals surface area contributed by atoms with Gasteiger partial charge in [-0.25, -0.2) is 0 Å². The number of nitrogens with zero attached hydrogens (tertiary/aromatic N) is 1. The van der Waals surface area contributed by atoms with E-state index < -0.39 is 0 Å². The van der Waals surface area contributed by atoms with E-state index in [1.165, 1.54) is 0 Å². The first-order chi connectivity index (χ1) is 4.72. The van der Waals surface area contributed by atoms with E-state index in [4.69, 9.17) is 5.21 Å². The van der Waals surface area contributed by atoms with E-state index in [9.17, 15) is 0 Å². The van der Waals surface area contributed by atoms with Gasteiger partial charge in [0.05, 0.1) is 5.69 Å². The Kier molecular flexibility index (Phi) is 1.87. The first-order valence-electron chi connectivity index (χ1n) is 3.08. The maximum absolute atomic E-state index is 8.51. The number of anilines is 1. The Morgan fingerprint density at radius 3 is 2.20 bits per heavy atom. The number of pyridine rings is 1. The van der Waals surface area contributed by atoms with Crippen molar-refractivity contribution in [3.05, 3.63) is 23.5 Å². The summed E-state index contributed by atoms with van der Waals surface area (Å²) in [5.74, 6) is 0. The SMILES string of the molecule is Cc1cc(NO)cc(C)n1. The van der Waals surface area contributed by atoms with Crippen LogP contribution in [0.5, 0.6) is 0 Å². The lowest BCUT2D eigenvalue weighted by Crippen LogP contribution is -1.93. The molecule has 0 bridgehead atoms. The lowest BCUT2D eigenvalue weighted by molar-refractivity contribution is 0.388. The highest BCUT2D eigenvalue weighted by molar-refractivity contribution is 5.42. The summed E-state index contributed by atoms with van der Waals surface area (Å²) in [6.07, 6.45) is 0. The molecule has 0 radical (unpaired) electrons. The quantitative estimate of drug-likeness (QED) is 0.578. The molecular formula is C7H10N2O. The topological polar surface area (TPSA) is 45.1 Å². The number of aromatic nitrogens is 1. The molecule has 0 aliphatic carbocycles. The molecule has 0 aliphatic rings. The molecule has 1 aromatic heterocycles. The molecule has 0 spiro atoms. The standard InChI is InChI=1S/C7H10N2O/c1-5-3-7(9-10)4-6(2)8-5/h3-4,10H,1-2H3,(H,8,9). The number of rotatable bonds is 1. The molecule has 3 nitrogen and oxygen atoms in total. The van der Waals surface area contributed by atoms with Crippen LogP contribution in [0.4, 0.5) is 5.69 Å². The second kappa shape index (κ2) is 2.66. The van der Waals surface area contributed by atoms with Gasteiger partial charge in [0.2, 0.25) is 0 Å². The zero-order chi connectivity index (χ0) is 7.56. The maximum atomic E-state index is 8.51. The average Bonchev–Trinajstić information content (AvgIpc) is 1.85. The number of nitrogens with one attached hydrogen (secondary N) is 1. The molecular weight excluding hydrogens is 128 g/mol. The Morgan fingerprint density at radius 2 is 1.80 bits per heavy atom. The second-order valence-corrected chi connectivity index (χ2v) is 2.25. The first-order valence-corrected chi connectivity index (χ1v) is 3.08. The van der Waals surface area contributed by atoms with Crippen molar-refractivity contribution in [3.8, 4) is 0 Å². The lowest BCUT2D eigenvalue weighted by Gasteiger charge is -2.00. The molecule has 1 aromatic rings. The lowest BCUT2D eigenvalue weighted by atomic mass is 10.3. The summed E-state index contributed by atoms with van der Waals surface area (Å²) in [5, 5.41) is 8.51. The highest BCUT2D eigenvalue weighted by Gasteiger charge is 1.92.